The molecule has 0 atom stereocenters. The fraction of sp³-hybridized carbons (Fsp3) is 0.345. The second-order valence-corrected chi connectivity index (χ2v) is 10.6. The van der Waals surface area contributed by atoms with Crippen molar-refractivity contribution in [3.8, 4) is 5.82 Å². The highest BCUT2D eigenvalue weighted by molar-refractivity contribution is 5.77. The van der Waals surface area contributed by atoms with Gasteiger partial charge in [-0.1, -0.05) is 12.1 Å². The molecule has 1 saturated heterocycles. The molecule has 220 valence electrons. The Labute approximate surface area is 242 Å². The Balaban J connectivity index is 1.36. The Morgan fingerprint density at radius 2 is 1.83 bits per heavy atom. The molecule has 0 unspecified atom stereocenters. The maximum atomic E-state index is 13.2. The lowest BCUT2D eigenvalue weighted by Crippen LogP contribution is -2.47. The Morgan fingerprint density at radius 1 is 1.10 bits per heavy atom. The van der Waals surface area contributed by atoms with Gasteiger partial charge in [-0.15, -0.1) is 6.58 Å². The number of carbonyl (C=O) groups excluding carboxylic acids is 1. The van der Waals surface area contributed by atoms with Gasteiger partial charge in [0.25, 0.3) is 5.56 Å². The number of hydrogen-bond donors (Lipinski definition) is 4. The molecule has 3 aromatic heterocycles. The molecule has 0 saturated carbocycles. The second-order valence-electron chi connectivity index (χ2n) is 10.6. The summed E-state index contributed by atoms with van der Waals surface area (Å²) in [6.45, 7) is 11.2. The summed E-state index contributed by atoms with van der Waals surface area (Å²) in [4.78, 5) is 42.7. The van der Waals surface area contributed by atoms with Crippen LogP contribution in [0.5, 0.6) is 0 Å². The molecule has 4 heterocycles. The summed E-state index contributed by atoms with van der Waals surface area (Å²) in [5.74, 6) is 0.381. The molecule has 5 rings (SSSR count). The topological polar surface area (TPSA) is 154 Å². The highest BCUT2D eigenvalue weighted by Crippen LogP contribution is 2.24. The minimum atomic E-state index is -1.16. The number of pyridine rings is 1. The molecule has 0 aliphatic carbocycles. The van der Waals surface area contributed by atoms with Crippen molar-refractivity contribution in [2.45, 2.75) is 32.4 Å². The first-order valence-electron chi connectivity index (χ1n) is 13.7. The number of piperazine rings is 1. The van der Waals surface area contributed by atoms with E-state index in [1.807, 2.05) is 24.3 Å². The van der Waals surface area contributed by atoms with Crippen molar-refractivity contribution in [2.24, 2.45) is 0 Å². The van der Waals surface area contributed by atoms with E-state index in [2.05, 4.69) is 36.6 Å². The molecule has 1 fully saturated rings. The maximum Gasteiger partial charge on any atom is 0.278 e. The number of rotatable bonds is 10. The van der Waals surface area contributed by atoms with Gasteiger partial charge in [-0.05, 0) is 50.2 Å². The van der Waals surface area contributed by atoms with Crippen molar-refractivity contribution < 1.29 is 15.1 Å². The first kappa shape index (κ1) is 28.9. The van der Waals surface area contributed by atoms with Crippen LogP contribution in [-0.2, 0) is 16.9 Å². The van der Waals surface area contributed by atoms with Crippen LogP contribution in [0.3, 0.4) is 0 Å². The smallest absolute Gasteiger partial charge is 0.278 e. The average Bonchev–Trinajstić information content (AvgIpc) is 3.26. The first-order chi connectivity index (χ1) is 20.2. The number of fused-ring (bicyclic) bond motifs is 1. The normalized spacial score (nSPS) is 14.2. The molecular weight excluding hydrogens is 538 g/mol. The molecule has 0 bridgehead atoms. The minimum Gasteiger partial charge on any atom is -0.384 e. The molecule has 1 aliphatic rings. The molecule has 4 N–H and O–H groups in total. The first-order valence-corrected chi connectivity index (χ1v) is 13.7. The van der Waals surface area contributed by atoms with Crippen LogP contribution in [0.4, 0.5) is 17.3 Å². The Hall–Kier alpha value is -4.59. The molecule has 1 aliphatic heterocycles. The van der Waals surface area contributed by atoms with Crippen molar-refractivity contribution in [1.82, 2.24) is 34.7 Å². The number of nitrogens with zero attached hydrogens (tertiary/aromatic N) is 7. The van der Waals surface area contributed by atoms with E-state index in [1.54, 1.807) is 48.3 Å². The molecule has 13 heteroatoms. The SMILES string of the molecule is C=CCn1c(=O)c2cnc(Nc3ccc(N4CCN(CCC(=O)NO)CC4)cc3)nc2n1-c1cccc(C(C)(C)O)n1. The highest BCUT2D eigenvalue weighted by atomic mass is 16.5. The molecule has 42 heavy (non-hydrogen) atoms. The fourth-order valence-corrected chi connectivity index (χ4v) is 4.92. The van der Waals surface area contributed by atoms with Gasteiger partial charge in [0.1, 0.15) is 11.0 Å². The van der Waals surface area contributed by atoms with E-state index < -0.39 is 5.60 Å². The van der Waals surface area contributed by atoms with Gasteiger partial charge < -0.3 is 15.3 Å². The standard InChI is InChI=1S/C29H35N9O4/c1-4-13-37-27(40)22-19-30-28(33-26(22)38(37)24-7-5-6-23(32-24)29(2,3)41)31-20-8-10-21(11-9-20)36-17-15-35(16-18-36)14-12-25(39)34-42/h4-11,19,41-42H,1,12-18H2,2-3H3,(H,34,39)(H,30,31,33). The Kier molecular flexibility index (Phi) is 8.34. The Morgan fingerprint density at radius 3 is 2.50 bits per heavy atom. The minimum absolute atomic E-state index is 0.236. The second kappa shape index (κ2) is 12.1. The van der Waals surface area contributed by atoms with Crippen LogP contribution in [0.25, 0.3) is 16.9 Å². The number of hydrogen-bond acceptors (Lipinski definition) is 10. The number of amides is 1. The summed E-state index contributed by atoms with van der Waals surface area (Å²) in [5, 5.41) is 22.7. The van der Waals surface area contributed by atoms with Gasteiger partial charge in [-0.3, -0.25) is 19.7 Å². The zero-order valence-electron chi connectivity index (χ0n) is 23.7. The third-order valence-electron chi connectivity index (χ3n) is 7.20. The van der Waals surface area contributed by atoms with Crippen LogP contribution in [0, 0.1) is 0 Å². The lowest BCUT2D eigenvalue weighted by molar-refractivity contribution is -0.129. The van der Waals surface area contributed by atoms with Crippen molar-refractivity contribution in [2.75, 3.05) is 42.9 Å². The monoisotopic (exact) mass is 573 g/mol. The van der Waals surface area contributed by atoms with Gasteiger partial charge in [0, 0.05) is 56.7 Å². The van der Waals surface area contributed by atoms with E-state index in [0.717, 1.165) is 37.6 Å². The van der Waals surface area contributed by atoms with Crippen molar-refractivity contribution in [3.05, 3.63) is 77.4 Å². The molecule has 1 aromatic carbocycles. The van der Waals surface area contributed by atoms with Gasteiger partial charge in [0.15, 0.2) is 11.5 Å². The molecule has 0 radical (unpaired) electrons. The number of hydroxylamine groups is 1. The molecule has 0 spiro atoms. The number of aromatic nitrogens is 5. The van der Waals surface area contributed by atoms with E-state index in [1.165, 1.54) is 10.9 Å². The lowest BCUT2D eigenvalue weighted by Gasteiger charge is -2.36. The van der Waals surface area contributed by atoms with Crippen LogP contribution in [0.2, 0.25) is 0 Å². The van der Waals surface area contributed by atoms with Gasteiger partial charge in [-0.2, -0.15) is 4.98 Å². The van der Waals surface area contributed by atoms with Gasteiger partial charge in [-0.25, -0.2) is 24.8 Å². The number of carbonyl (C=O) groups is 1. The van der Waals surface area contributed by atoms with Gasteiger partial charge >= 0.3 is 0 Å². The van der Waals surface area contributed by atoms with E-state index in [9.17, 15) is 14.7 Å². The van der Waals surface area contributed by atoms with Crippen molar-refractivity contribution in [1.29, 1.82) is 0 Å². The number of allylic oxidation sites excluding steroid dienone is 1. The zero-order chi connectivity index (χ0) is 29.9. The van der Waals surface area contributed by atoms with Crippen LogP contribution in [0.15, 0.2) is 66.1 Å². The summed E-state index contributed by atoms with van der Waals surface area (Å²) in [7, 11) is 0. The predicted octanol–water partition coefficient (Wildman–Crippen LogP) is 2.15. The fourth-order valence-electron chi connectivity index (χ4n) is 4.92. The zero-order valence-corrected chi connectivity index (χ0v) is 23.7. The third kappa shape index (κ3) is 6.17. The van der Waals surface area contributed by atoms with Gasteiger partial charge in [0.05, 0.1) is 12.2 Å². The molecule has 1 amide bonds. The summed E-state index contributed by atoms with van der Waals surface area (Å²) >= 11 is 0. The predicted molar refractivity (Wildman–Crippen MR) is 159 cm³/mol. The summed E-state index contributed by atoms with van der Waals surface area (Å²) in [5.41, 5.74) is 2.95. The van der Waals surface area contributed by atoms with E-state index in [4.69, 9.17) is 5.21 Å². The van der Waals surface area contributed by atoms with Crippen LogP contribution in [-0.4, -0.2) is 78.2 Å². The summed E-state index contributed by atoms with van der Waals surface area (Å²) < 4.78 is 3.11. The highest BCUT2D eigenvalue weighted by Gasteiger charge is 2.22. The van der Waals surface area contributed by atoms with Crippen LogP contribution >= 0.6 is 0 Å². The maximum absolute atomic E-state index is 13.2. The number of benzene rings is 1. The van der Waals surface area contributed by atoms with Gasteiger partial charge in [0.2, 0.25) is 11.9 Å². The van der Waals surface area contributed by atoms with E-state index >= 15 is 0 Å². The molecule has 4 aromatic rings. The third-order valence-corrected chi connectivity index (χ3v) is 7.20. The number of anilines is 3. The van der Waals surface area contributed by atoms with Crippen LogP contribution < -0.4 is 21.3 Å². The number of nitrogens with one attached hydrogen (secondary N) is 2. The van der Waals surface area contributed by atoms with Crippen molar-refractivity contribution >= 4 is 34.3 Å². The summed E-state index contributed by atoms with van der Waals surface area (Å²) in [6, 6.07) is 13.2. The summed E-state index contributed by atoms with van der Waals surface area (Å²) in [6.07, 6.45) is 3.39. The largest absolute Gasteiger partial charge is 0.384 e. The van der Waals surface area contributed by atoms with Crippen molar-refractivity contribution in [3.63, 3.8) is 0 Å². The van der Waals surface area contributed by atoms with E-state index in [-0.39, 0.29) is 24.4 Å². The Bertz CT molecular complexity index is 1630. The lowest BCUT2D eigenvalue weighted by atomic mass is 10.1. The molecule has 13 nitrogen and oxygen atoms in total. The average molecular weight is 574 g/mol. The number of aliphatic hydroxyl groups is 1. The quantitative estimate of drug-likeness (QED) is 0.126. The molecular formula is C29H35N9O4. The van der Waals surface area contributed by atoms with Crippen LogP contribution in [0.1, 0.15) is 26.0 Å². The van der Waals surface area contributed by atoms with E-state index in [0.29, 0.717) is 35.0 Å².